The second-order valence-electron chi connectivity index (χ2n) is 6.97. The minimum absolute atomic E-state index is 0.0313. The number of carbonyl (C=O) groups excluding carboxylic acids is 1. The van der Waals surface area contributed by atoms with Crippen molar-refractivity contribution in [3.63, 3.8) is 0 Å². The highest BCUT2D eigenvalue weighted by atomic mass is 16.5. The molecule has 0 saturated carbocycles. The number of methoxy groups -OCH3 is 3. The number of hydrogen-bond acceptors (Lipinski definition) is 5. The largest absolute Gasteiger partial charge is 0.497 e. The van der Waals surface area contributed by atoms with Crippen LogP contribution in [0.2, 0.25) is 0 Å². The van der Waals surface area contributed by atoms with Crippen LogP contribution in [0.25, 0.3) is 6.08 Å². The van der Waals surface area contributed by atoms with E-state index >= 15 is 0 Å². The normalized spacial score (nSPS) is 16.0. The molecule has 1 saturated heterocycles. The van der Waals surface area contributed by atoms with Gasteiger partial charge in [0.25, 0.3) is 0 Å². The van der Waals surface area contributed by atoms with Gasteiger partial charge in [0.15, 0.2) is 11.5 Å². The van der Waals surface area contributed by atoms with Crippen molar-refractivity contribution in [2.75, 3.05) is 34.5 Å². The average molecular weight is 411 g/mol. The quantitative estimate of drug-likeness (QED) is 0.599. The Kier molecular flexibility index (Phi) is 7.22. The summed E-state index contributed by atoms with van der Waals surface area (Å²) in [6, 6.07) is 11.3. The molecular formula is C24H29NO5. The Bertz CT molecular complexity index is 908. The van der Waals surface area contributed by atoms with Crippen LogP contribution >= 0.6 is 0 Å². The van der Waals surface area contributed by atoms with E-state index in [1.807, 2.05) is 54.3 Å². The second kappa shape index (κ2) is 10.1. The molecule has 0 aromatic heterocycles. The first-order valence-corrected chi connectivity index (χ1v) is 10.1. The summed E-state index contributed by atoms with van der Waals surface area (Å²) in [7, 11) is 4.89. The lowest BCUT2D eigenvalue weighted by Crippen LogP contribution is -2.29. The third-order valence-corrected chi connectivity index (χ3v) is 5.24. The predicted octanol–water partition coefficient (Wildman–Crippen LogP) is 4.49. The Morgan fingerprint density at radius 2 is 1.80 bits per heavy atom. The number of carbonyl (C=O) groups is 1. The van der Waals surface area contributed by atoms with E-state index in [9.17, 15) is 4.79 Å². The molecule has 2 aromatic carbocycles. The molecule has 6 heteroatoms. The third kappa shape index (κ3) is 4.70. The molecule has 1 aliphatic rings. The van der Waals surface area contributed by atoms with Crippen molar-refractivity contribution in [2.24, 2.45) is 0 Å². The molecule has 1 atom stereocenters. The van der Waals surface area contributed by atoms with Crippen LogP contribution in [-0.4, -0.2) is 45.3 Å². The number of ether oxygens (including phenoxy) is 4. The van der Waals surface area contributed by atoms with Gasteiger partial charge in [-0.1, -0.05) is 6.07 Å². The van der Waals surface area contributed by atoms with Gasteiger partial charge in [0, 0.05) is 18.2 Å². The summed E-state index contributed by atoms with van der Waals surface area (Å²) in [5.74, 6) is 2.82. The van der Waals surface area contributed by atoms with Crippen LogP contribution in [-0.2, 0) is 4.79 Å². The van der Waals surface area contributed by atoms with Crippen LogP contribution in [0.4, 0.5) is 0 Å². The van der Waals surface area contributed by atoms with Crippen LogP contribution in [0.5, 0.6) is 23.0 Å². The van der Waals surface area contributed by atoms with Crippen LogP contribution < -0.4 is 18.9 Å². The first-order chi connectivity index (χ1) is 14.6. The van der Waals surface area contributed by atoms with E-state index in [-0.39, 0.29) is 11.9 Å². The summed E-state index contributed by atoms with van der Waals surface area (Å²) >= 11 is 0. The van der Waals surface area contributed by atoms with E-state index < -0.39 is 0 Å². The van der Waals surface area contributed by atoms with Crippen molar-refractivity contribution in [1.82, 2.24) is 4.90 Å². The van der Waals surface area contributed by atoms with Gasteiger partial charge >= 0.3 is 0 Å². The Labute approximate surface area is 178 Å². The van der Waals surface area contributed by atoms with Crippen LogP contribution in [0.15, 0.2) is 42.5 Å². The number of hydrogen-bond donors (Lipinski definition) is 0. The van der Waals surface area contributed by atoms with Crippen molar-refractivity contribution in [3.05, 3.63) is 53.6 Å². The van der Waals surface area contributed by atoms with Gasteiger partial charge in [-0.2, -0.15) is 0 Å². The van der Waals surface area contributed by atoms with Gasteiger partial charge < -0.3 is 23.8 Å². The minimum atomic E-state index is -0.0398. The lowest BCUT2D eigenvalue weighted by Gasteiger charge is -2.25. The second-order valence-corrected chi connectivity index (χ2v) is 6.97. The molecule has 0 N–H and O–H groups in total. The molecule has 160 valence electrons. The highest BCUT2D eigenvalue weighted by Gasteiger charge is 2.31. The molecule has 6 nitrogen and oxygen atoms in total. The smallest absolute Gasteiger partial charge is 0.247 e. The highest BCUT2D eigenvalue weighted by Crippen LogP contribution is 2.39. The summed E-state index contributed by atoms with van der Waals surface area (Å²) < 4.78 is 21.8. The zero-order valence-corrected chi connectivity index (χ0v) is 18.0. The van der Waals surface area contributed by atoms with E-state index in [0.717, 1.165) is 35.5 Å². The average Bonchev–Trinajstić information content (AvgIpc) is 3.27. The van der Waals surface area contributed by atoms with Gasteiger partial charge in [0.1, 0.15) is 11.5 Å². The van der Waals surface area contributed by atoms with Gasteiger partial charge in [-0.05, 0) is 61.7 Å². The zero-order chi connectivity index (χ0) is 21.5. The van der Waals surface area contributed by atoms with Crippen molar-refractivity contribution in [2.45, 2.75) is 25.8 Å². The van der Waals surface area contributed by atoms with Crippen LogP contribution in [0.1, 0.15) is 36.9 Å². The van der Waals surface area contributed by atoms with Gasteiger partial charge in [-0.15, -0.1) is 0 Å². The van der Waals surface area contributed by atoms with E-state index in [2.05, 4.69) is 0 Å². The van der Waals surface area contributed by atoms with Gasteiger partial charge in [0.2, 0.25) is 5.91 Å². The molecule has 1 unspecified atom stereocenters. The maximum atomic E-state index is 13.0. The summed E-state index contributed by atoms with van der Waals surface area (Å²) in [5, 5.41) is 0. The van der Waals surface area contributed by atoms with Gasteiger partial charge in [-0.3, -0.25) is 4.79 Å². The standard InChI is InChI=1S/C24H29NO5/c1-5-30-23-15-17(8-11-22(23)29-4)9-13-24(26)25-14-6-7-20(25)19-16-18(27-2)10-12-21(19)28-3/h8-13,15-16,20H,5-7,14H2,1-4H3/b13-9+. The fourth-order valence-corrected chi connectivity index (χ4v) is 3.78. The molecule has 0 aliphatic carbocycles. The first-order valence-electron chi connectivity index (χ1n) is 10.1. The third-order valence-electron chi connectivity index (χ3n) is 5.24. The van der Waals surface area contributed by atoms with E-state index in [1.54, 1.807) is 27.4 Å². The molecule has 1 amide bonds. The first kappa shape index (κ1) is 21.6. The topological polar surface area (TPSA) is 57.2 Å². The van der Waals surface area contributed by atoms with Gasteiger partial charge in [0.05, 0.1) is 34.0 Å². The van der Waals surface area contributed by atoms with Gasteiger partial charge in [-0.25, -0.2) is 0 Å². The summed E-state index contributed by atoms with van der Waals surface area (Å²) in [6.07, 6.45) is 5.26. The van der Waals surface area contributed by atoms with Crippen LogP contribution in [0.3, 0.4) is 0 Å². The number of rotatable bonds is 8. The van der Waals surface area contributed by atoms with Crippen LogP contribution in [0, 0.1) is 0 Å². The lowest BCUT2D eigenvalue weighted by atomic mass is 10.0. The van der Waals surface area contributed by atoms with E-state index in [1.165, 1.54) is 0 Å². The zero-order valence-electron chi connectivity index (χ0n) is 18.0. The number of likely N-dealkylation sites (tertiary alicyclic amines) is 1. The summed E-state index contributed by atoms with van der Waals surface area (Å²) in [4.78, 5) is 14.9. The SMILES string of the molecule is CCOc1cc(/C=C/C(=O)N2CCCC2c2cc(OC)ccc2OC)ccc1OC. The maximum absolute atomic E-state index is 13.0. The lowest BCUT2D eigenvalue weighted by molar-refractivity contribution is -0.126. The van der Waals surface area contributed by atoms with Crippen molar-refractivity contribution >= 4 is 12.0 Å². The molecule has 0 bridgehead atoms. The van der Waals surface area contributed by atoms with Crippen molar-refractivity contribution in [1.29, 1.82) is 0 Å². The predicted molar refractivity (Wildman–Crippen MR) is 116 cm³/mol. The molecular weight excluding hydrogens is 382 g/mol. The Balaban J connectivity index is 1.81. The maximum Gasteiger partial charge on any atom is 0.247 e. The Hall–Kier alpha value is -3.15. The summed E-state index contributed by atoms with van der Waals surface area (Å²) in [5.41, 5.74) is 1.85. The monoisotopic (exact) mass is 411 g/mol. The molecule has 3 rings (SSSR count). The van der Waals surface area contributed by atoms with Crippen molar-refractivity contribution < 1.29 is 23.7 Å². The Morgan fingerprint density at radius 1 is 1.03 bits per heavy atom. The highest BCUT2D eigenvalue weighted by molar-refractivity contribution is 5.92. The molecule has 1 heterocycles. The molecule has 1 fully saturated rings. The van der Waals surface area contributed by atoms with E-state index in [4.69, 9.17) is 18.9 Å². The van der Waals surface area contributed by atoms with Crippen molar-refractivity contribution in [3.8, 4) is 23.0 Å². The molecule has 1 aliphatic heterocycles. The Morgan fingerprint density at radius 3 is 2.50 bits per heavy atom. The number of amides is 1. The molecule has 0 spiro atoms. The van der Waals surface area contributed by atoms with E-state index in [0.29, 0.717) is 24.7 Å². The fourth-order valence-electron chi connectivity index (χ4n) is 3.78. The fraction of sp³-hybridized carbons (Fsp3) is 0.375. The molecule has 0 radical (unpaired) electrons. The molecule has 30 heavy (non-hydrogen) atoms. The number of benzene rings is 2. The minimum Gasteiger partial charge on any atom is -0.497 e. The molecule has 2 aromatic rings. The summed E-state index contributed by atoms with van der Waals surface area (Å²) in [6.45, 7) is 3.17. The number of nitrogens with zero attached hydrogens (tertiary/aromatic N) is 1.